The van der Waals surface area contributed by atoms with E-state index < -0.39 is 12.3 Å². The van der Waals surface area contributed by atoms with Gasteiger partial charge >= 0.3 is 31.2 Å². The molecule has 1 N–H and O–H groups in total. The molecule has 0 aliphatic rings. The Balaban J connectivity index is 0.00000196. The number of nitrogens with zero attached hydrogens (tertiary/aromatic N) is 2. The van der Waals surface area contributed by atoms with Crippen molar-refractivity contribution in [3.8, 4) is 11.4 Å². The van der Waals surface area contributed by atoms with E-state index in [4.69, 9.17) is 11.6 Å². The SMILES string of the molecule is CC(C)n1c(=O)n(-c2cccc(OC(F)F)c2)c2ccc([C-]=O)c(Cl)c21.[Li+].[OH-]. The monoisotopic (exact) mass is 403 g/mol. The van der Waals surface area contributed by atoms with Gasteiger partial charge in [-0.1, -0.05) is 12.1 Å². The van der Waals surface area contributed by atoms with E-state index in [0.29, 0.717) is 16.7 Å². The number of benzene rings is 2. The molecule has 0 unspecified atom stereocenters. The van der Waals surface area contributed by atoms with Crippen molar-refractivity contribution >= 4 is 28.9 Å². The van der Waals surface area contributed by atoms with E-state index in [1.165, 1.54) is 33.4 Å². The molecule has 0 atom stereocenters. The van der Waals surface area contributed by atoms with Gasteiger partial charge in [0.2, 0.25) is 0 Å². The van der Waals surface area contributed by atoms with Crippen molar-refractivity contribution in [3.63, 3.8) is 0 Å². The van der Waals surface area contributed by atoms with Gasteiger partial charge in [0.15, 0.2) is 0 Å². The second kappa shape index (κ2) is 9.39. The summed E-state index contributed by atoms with van der Waals surface area (Å²) in [6, 6.07) is 8.59. The molecule has 0 bridgehead atoms. The van der Waals surface area contributed by atoms with Crippen LogP contribution >= 0.6 is 11.6 Å². The molecule has 0 aliphatic carbocycles. The molecule has 0 aliphatic heterocycles. The predicted octanol–water partition coefficient (Wildman–Crippen LogP) is 0.913. The quantitative estimate of drug-likeness (QED) is 0.468. The van der Waals surface area contributed by atoms with Gasteiger partial charge in [-0.25, -0.2) is 4.79 Å². The van der Waals surface area contributed by atoms with Crippen LogP contribution in [0.1, 0.15) is 25.5 Å². The summed E-state index contributed by atoms with van der Waals surface area (Å²) in [5.41, 5.74) is 0.903. The van der Waals surface area contributed by atoms with Gasteiger partial charge in [0.25, 0.3) is 0 Å². The minimum absolute atomic E-state index is 0. The molecule has 1 aromatic heterocycles. The van der Waals surface area contributed by atoms with Gasteiger partial charge in [0.1, 0.15) is 5.75 Å². The van der Waals surface area contributed by atoms with Gasteiger partial charge in [0, 0.05) is 17.6 Å². The van der Waals surface area contributed by atoms with Crippen LogP contribution in [0.4, 0.5) is 8.78 Å². The second-order valence-corrected chi connectivity index (χ2v) is 6.23. The largest absolute Gasteiger partial charge is 1.00 e. The minimum atomic E-state index is -2.97. The van der Waals surface area contributed by atoms with Gasteiger partial charge in [-0.3, -0.25) is 9.13 Å². The minimum Gasteiger partial charge on any atom is -0.870 e. The maximum Gasteiger partial charge on any atom is 1.00 e. The van der Waals surface area contributed by atoms with Crippen LogP contribution in [0.2, 0.25) is 5.02 Å². The molecular weight excluding hydrogens is 389 g/mol. The third kappa shape index (κ3) is 4.15. The molecule has 0 saturated heterocycles. The zero-order valence-electron chi connectivity index (χ0n) is 15.3. The first-order valence-electron chi connectivity index (χ1n) is 7.74. The van der Waals surface area contributed by atoms with Crippen LogP contribution in [0.15, 0.2) is 41.2 Å². The fourth-order valence-electron chi connectivity index (χ4n) is 2.88. The Morgan fingerprint density at radius 2 is 1.86 bits per heavy atom. The number of fused-ring (bicyclic) bond motifs is 1. The number of alkyl halides is 2. The first-order valence-corrected chi connectivity index (χ1v) is 8.11. The van der Waals surface area contributed by atoms with E-state index in [0.717, 1.165) is 0 Å². The van der Waals surface area contributed by atoms with Crippen molar-refractivity contribution in [1.82, 2.24) is 9.13 Å². The summed E-state index contributed by atoms with van der Waals surface area (Å²) >= 11 is 6.30. The number of halogens is 3. The van der Waals surface area contributed by atoms with Crippen molar-refractivity contribution in [2.75, 3.05) is 0 Å². The number of hydrogen-bond acceptors (Lipinski definition) is 4. The van der Waals surface area contributed by atoms with Crippen LogP contribution in [0.3, 0.4) is 0 Å². The van der Waals surface area contributed by atoms with Crippen molar-refractivity contribution in [1.29, 1.82) is 0 Å². The summed E-state index contributed by atoms with van der Waals surface area (Å²) in [6.45, 7) is 0.628. The fraction of sp³-hybridized carbons (Fsp3) is 0.222. The summed E-state index contributed by atoms with van der Waals surface area (Å²) in [4.78, 5) is 24.1. The van der Waals surface area contributed by atoms with Crippen LogP contribution in [-0.2, 0) is 4.79 Å². The van der Waals surface area contributed by atoms with E-state index in [2.05, 4.69) is 4.74 Å². The Hall–Kier alpha value is -2.11. The Bertz CT molecular complexity index is 1050. The fourth-order valence-corrected chi connectivity index (χ4v) is 3.17. The zero-order valence-corrected chi connectivity index (χ0v) is 16.1. The molecule has 2 aromatic carbocycles. The molecule has 0 fully saturated rings. The summed E-state index contributed by atoms with van der Waals surface area (Å²) in [5.74, 6) is -0.0706. The predicted molar refractivity (Wildman–Crippen MR) is 96.3 cm³/mol. The van der Waals surface area contributed by atoms with Gasteiger partial charge in [-0.05, 0) is 31.0 Å². The Labute approximate surface area is 176 Å². The number of imidazole rings is 1. The molecule has 0 spiro atoms. The first-order chi connectivity index (χ1) is 12.3. The summed E-state index contributed by atoms with van der Waals surface area (Å²) in [5, 5.41) is 0.113. The van der Waals surface area contributed by atoms with Crippen molar-refractivity contribution in [2.24, 2.45) is 0 Å². The summed E-state index contributed by atoms with van der Waals surface area (Å²) in [6.07, 6.45) is 1.74. The van der Waals surface area contributed by atoms with Crippen molar-refractivity contribution in [3.05, 3.63) is 57.5 Å². The van der Waals surface area contributed by atoms with E-state index >= 15 is 0 Å². The average molecular weight is 404 g/mol. The molecule has 0 amide bonds. The van der Waals surface area contributed by atoms with Gasteiger partial charge < -0.3 is 15.0 Å². The summed E-state index contributed by atoms with van der Waals surface area (Å²) in [7, 11) is 0. The van der Waals surface area contributed by atoms with E-state index in [1.54, 1.807) is 32.3 Å². The number of carbonyl (C=O) groups excluding carboxylic acids is 1. The van der Waals surface area contributed by atoms with E-state index in [-0.39, 0.29) is 46.7 Å². The topological polar surface area (TPSA) is 83.2 Å². The Morgan fingerprint density at radius 1 is 1.18 bits per heavy atom. The number of aromatic nitrogens is 2. The first kappa shape index (κ1) is 23.9. The average Bonchev–Trinajstić information content (AvgIpc) is 2.88. The normalized spacial score (nSPS) is 10.7. The van der Waals surface area contributed by atoms with Crippen LogP contribution in [0.25, 0.3) is 16.7 Å². The molecular formula is C18H15ClF2LiN2O4-. The number of ether oxygens (including phenoxy) is 1. The van der Waals surface area contributed by atoms with E-state index in [1.807, 2.05) is 0 Å². The number of rotatable bonds is 5. The molecule has 3 aromatic rings. The van der Waals surface area contributed by atoms with Crippen LogP contribution in [-0.4, -0.2) is 27.5 Å². The molecule has 0 radical (unpaired) electrons. The second-order valence-electron chi connectivity index (χ2n) is 5.85. The maximum absolute atomic E-state index is 13.0. The smallest absolute Gasteiger partial charge is 0.870 e. The molecule has 10 heteroatoms. The Kier molecular flexibility index (Phi) is 8.02. The molecule has 144 valence electrons. The summed E-state index contributed by atoms with van der Waals surface area (Å²) < 4.78 is 32.2. The maximum atomic E-state index is 13.0. The molecule has 3 rings (SSSR count). The van der Waals surface area contributed by atoms with Gasteiger partial charge in [-0.15, -0.1) is 5.56 Å². The Morgan fingerprint density at radius 3 is 2.43 bits per heavy atom. The van der Waals surface area contributed by atoms with Crippen molar-refractivity contribution < 1.29 is 42.6 Å². The van der Waals surface area contributed by atoms with Crippen LogP contribution < -0.4 is 29.3 Å². The molecule has 6 nitrogen and oxygen atoms in total. The third-order valence-corrected chi connectivity index (χ3v) is 4.28. The number of hydrogen-bond donors (Lipinski definition) is 0. The third-order valence-electron chi connectivity index (χ3n) is 3.90. The molecule has 0 saturated carbocycles. The van der Waals surface area contributed by atoms with Crippen LogP contribution in [0, 0.1) is 0 Å². The van der Waals surface area contributed by atoms with E-state index in [9.17, 15) is 18.4 Å². The standard InChI is InChI=1S/C18H14ClF2N2O3.Li.H2O/c1-10(2)22-16-14(7-6-11(9-24)15(16)19)23(18(22)25)12-4-3-5-13(8-12)26-17(20)21;;/h3-8,10,17H,1-2H3;;1H2/q-1;+1;/p-1. The van der Waals surface area contributed by atoms with Gasteiger partial charge in [-0.2, -0.15) is 26.4 Å². The molecule has 1 heterocycles. The molecule has 28 heavy (non-hydrogen) atoms. The van der Waals surface area contributed by atoms with Crippen molar-refractivity contribution in [2.45, 2.75) is 26.5 Å². The van der Waals surface area contributed by atoms with Crippen LogP contribution in [0.5, 0.6) is 5.75 Å². The van der Waals surface area contributed by atoms with Gasteiger partial charge in [0.05, 0.1) is 17.5 Å². The zero-order chi connectivity index (χ0) is 19.0.